The molecule has 2 aromatic rings. The Morgan fingerprint density at radius 1 is 1.06 bits per heavy atom. The summed E-state index contributed by atoms with van der Waals surface area (Å²) in [5.74, 6) is 0.594. The van der Waals surface area contributed by atoms with Crippen LogP contribution in [0, 0.1) is 13.8 Å². The van der Waals surface area contributed by atoms with Crippen LogP contribution in [-0.2, 0) is 0 Å². The number of rotatable bonds is 2. The standard InChI is InChI=1S/C13H15N3/c1-9-10(2)13(14)15-8-12(9)16-11-6-4-3-5-7-11/h3-8,16H,1-2H3,(H2,14,15). The molecule has 0 aliphatic carbocycles. The van der Waals surface area contributed by atoms with Gasteiger partial charge in [0.1, 0.15) is 5.82 Å². The molecule has 0 aliphatic heterocycles. The fraction of sp³-hybridized carbons (Fsp3) is 0.154. The Bertz CT molecular complexity index is 492. The van der Waals surface area contributed by atoms with Crippen molar-refractivity contribution < 1.29 is 0 Å². The van der Waals surface area contributed by atoms with Gasteiger partial charge in [-0.05, 0) is 37.1 Å². The van der Waals surface area contributed by atoms with E-state index in [9.17, 15) is 0 Å². The van der Waals surface area contributed by atoms with Crippen LogP contribution in [0.4, 0.5) is 17.2 Å². The van der Waals surface area contributed by atoms with E-state index in [4.69, 9.17) is 5.73 Å². The summed E-state index contributed by atoms with van der Waals surface area (Å²) in [6, 6.07) is 10.0. The minimum absolute atomic E-state index is 0.594. The summed E-state index contributed by atoms with van der Waals surface area (Å²) in [5.41, 5.74) is 9.96. The van der Waals surface area contributed by atoms with Crippen molar-refractivity contribution in [3.63, 3.8) is 0 Å². The van der Waals surface area contributed by atoms with Crippen LogP contribution in [0.5, 0.6) is 0 Å². The maximum Gasteiger partial charge on any atom is 0.126 e. The van der Waals surface area contributed by atoms with Gasteiger partial charge in [0.05, 0.1) is 11.9 Å². The quantitative estimate of drug-likeness (QED) is 0.806. The number of anilines is 3. The zero-order valence-corrected chi connectivity index (χ0v) is 9.49. The predicted molar refractivity (Wildman–Crippen MR) is 67.8 cm³/mol. The van der Waals surface area contributed by atoms with Gasteiger partial charge < -0.3 is 11.1 Å². The molecule has 3 N–H and O–H groups in total. The van der Waals surface area contributed by atoms with Crippen molar-refractivity contribution in [1.82, 2.24) is 4.98 Å². The minimum Gasteiger partial charge on any atom is -0.383 e. The average Bonchev–Trinajstić information content (AvgIpc) is 2.31. The molecule has 0 atom stereocenters. The van der Waals surface area contributed by atoms with Crippen molar-refractivity contribution >= 4 is 17.2 Å². The molecule has 1 heterocycles. The number of nitrogens with one attached hydrogen (secondary N) is 1. The van der Waals surface area contributed by atoms with E-state index in [1.165, 1.54) is 0 Å². The van der Waals surface area contributed by atoms with Crippen LogP contribution in [0.25, 0.3) is 0 Å². The second-order valence-corrected chi connectivity index (χ2v) is 3.80. The summed E-state index contributed by atoms with van der Waals surface area (Å²) in [5, 5.41) is 3.32. The van der Waals surface area contributed by atoms with E-state index in [1.54, 1.807) is 6.20 Å². The Morgan fingerprint density at radius 3 is 2.44 bits per heavy atom. The Balaban J connectivity index is 2.33. The highest BCUT2D eigenvalue weighted by atomic mass is 14.9. The van der Waals surface area contributed by atoms with Gasteiger partial charge in [0, 0.05) is 5.69 Å². The maximum atomic E-state index is 5.74. The van der Waals surface area contributed by atoms with Gasteiger partial charge in [0.25, 0.3) is 0 Å². The lowest BCUT2D eigenvalue weighted by atomic mass is 10.1. The summed E-state index contributed by atoms with van der Waals surface area (Å²) in [6.45, 7) is 4.02. The summed E-state index contributed by atoms with van der Waals surface area (Å²) in [4.78, 5) is 4.15. The molecule has 0 aliphatic rings. The highest BCUT2D eigenvalue weighted by Crippen LogP contribution is 2.24. The first kappa shape index (κ1) is 10.5. The number of para-hydroxylation sites is 1. The zero-order chi connectivity index (χ0) is 11.5. The smallest absolute Gasteiger partial charge is 0.126 e. The lowest BCUT2D eigenvalue weighted by molar-refractivity contribution is 1.22. The van der Waals surface area contributed by atoms with Gasteiger partial charge >= 0.3 is 0 Å². The van der Waals surface area contributed by atoms with Crippen LogP contribution in [0.3, 0.4) is 0 Å². The van der Waals surface area contributed by atoms with Crippen LogP contribution in [0.15, 0.2) is 36.5 Å². The second-order valence-electron chi connectivity index (χ2n) is 3.80. The Hall–Kier alpha value is -2.03. The molecular formula is C13H15N3. The largest absolute Gasteiger partial charge is 0.383 e. The molecule has 0 saturated carbocycles. The second kappa shape index (κ2) is 4.23. The number of nitrogens with zero attached hydrogens (tertiary/aromatic N) is 1. The van der Waals surface area contributed by atoms with Crippen molar-refractivity contribution in [2.24, 2.45) is 0 Å². The van der Waals surface area contributed by atoms with Gasteiger partial charge in [-0.15, -0.1) is 0 Å². The Morgan fingerprint density at radius 2 is 1.75 bits per heavy atom. The third-order valence-corrected chi connectivity index (χ3v) is 2.74. The van der Waals surface area contributed by atoms with Crippen LogP contribution in [0.1, 0.15) is 11.1 Å². The first-order valence-electron chi connectivity index (χ1n) is 5.22. The molecule has 3 nitrogen and oxygen atoms in total. The SMILES string of the molecule is Cc1c(Nc2ccccc2)cnc(N)c1C. The van der Waals surface area contributed by atoms with Gasteiger partial charge in [-0.3, -0.25) is 0 Å². The number of hydrogen-bond donors (Lipinski definition) is 2. The van der Waals surface area contributed by atoms with Crippen molar-refractivity contribution in [1.29, 1.82) is 0 Å². The van der Waals surface area contributed by atoms with Gasteiger partial charge in [0.15, 0.2) is 0 Å². The Labute approximate surface area is 95.3 Å². The van der Waals surface area contributed by atoms with Gasteiger partial charge in [-0.2, -0.15) is 0 Å². The molecule has 2 rings (SSSR count). The average molecular weight is 213 g/mol. The number of nitrogens with two attached hydrogens (primary N) is 1. The first-order valence-corrected chi connectivity index (χ1v) is 5.22. The lowest BCUT2D eigenvalue weighted by Crippen LogP contribution is -2.00. The van der Waals surface area contributed by atoms with Crippen LogP contribution in [-0.4, -0.2) is 4.98 Å². The number of benzene rings is 1. The van der Waals surface area contributed by atoms with E-state index in [-0.39, 0.29) is 0 Å². The van der Waals surface area contributed by atoms with E-state index in [0.29, 0.717) is 5.82 Å². The number of hydrogen-bond acceptors (Lipinski definition) is 3. The molecule has 1 aromatic carbocycles. The molecule has 0 bridgehead atoms. The van der Waals surface area contributed by atoms with Crippen LogP contribution < -0.4 is 11.1 Å². The van der Waals surface area contributed by atoms with Crippen LogP contribution >= 0.6 is 0 Å². The highest BCUT2D eigenvalue weighted by Gasteiger charge is 2.05. The van der Waals surface area contributed by atoms with Crippen molar-refractivity contribution in [2.45, 2.75) is 13.8 Å². The Kier molecular flexibility index (Phi) is 2.77. The third-order valence-electron chi connectivity index (χ3n) is 2.74. The molecule has 1 aromatic heterocycles. The molecule has 82 valence electrons. The summed E-state index contributed by atoms with van der Waals surface area (Å²) in [7, 11) is 0. The molecule has 3 heteroatoms. The monoisotopic (exact) mass is 213 g/mol. The minimum atomic E-state index is 0.594. The van der Waals surface area contributed by atoms with E-state index in [1.807, 2.05) is 44.2 Å². The van der Waals surface area contributed by atoms with Crippen molar-refractivity contribution in [3.8, 4) is 0 Å². The molecule has 0 unspecified atom stereocenters. The summed E-state index contributed by atoms with van der Waals surface area (Å²) < 4.78 is 0. The normalized spacial score (nSPS) is 10.1. The maximum absolute atomic E-state index is 5.74. The first-order chi connectivity index (χ1) is 7.68. The molecular weight excluding hydrogens is 198 g/mol. The number of nitrogen functional groups attached to an aromatic ring is 1. The van der Waals surface area contributed by atoms with E-state index < -0.39 is 0 Å². The topological polar surface area (TPSA) is 50.9 Å². The highest BCUT2D eigenvalue weighted by molar-refractivity contribution is 5.65. The molecule has 0 saturated heterocycles. The molecule has 0 fully saturated rings. The number of pyridine rings is 1. The van der Waals surface area contributed by atoms with Gasteiger partial charge in [0.2, 0.25) is 0 Å². The van der Waals surface area contributed by atoms with Gasteiger partial charge in [-0.25, -0.2) is 4.98 Å². The fourth-order valence-corrected chi connectivity index (χ4v) is 1.52. The zero-order valence-electron chi connectivity index (χ0n) is 9.49. The number of aromatic nitrogens is 1. The third kappa shape index (κ3) is 1.98. The lowest BCUT2D eigenvalue weighted by Gasteiger charge is -2.12. The molecule has 0 spiro atoms. The summed E-state index contributed by atoms with van der Waals surface area (Å²) >= 11 is 0. The van der Waals surface area contributed by atoms with E-state index >= 15 is 0 Å². The van der Waals surface area contributed by atoms with Gasteiger partial charge in [-0.1, -0.05) is 18.2 Å². The van der Waals surface area contributed by atoms with Crippen molar-refractivity contribution in [3.05, 3.63) is 47.7 Å². The predicted octanol–water partition coefficient (Wildman–Crippen LogP) is 3.02. The molecule has 16 heavy (non-hydrogen) atoms. The van der Waals surface area contributed by atoms with Crippen molar-refractivity contribution in [2.75, 3.05) is 11.1 Å². The molecule has 0 radical (unpaired) electrons. The van der Waals surface area contributed by atoms with Crippen LogP contribution in [0.2, 0.25) is 0 Å². The fourth-order valence-electron chi connectivity index (χ4n) is 1.52. The van der Waals surface area contributed by atoms with E-state index in [0.717, 1.165) is 22.5 Å². The summed E-state index contributed by atoms with van der Waals surface area (Å²) in [6.07, 6.45) is 1.77. The molecule has 0 amide bonds. The van der Waals surface area contributed by atoms with E-state index in [2.05, 4.69) is 10.3 Å².